The monoisotopic (exact) mass is 407 g/mol. The summed E-state index contributed by atoms with van der Waals surface area (Å²) in [5.74, 6) is 0.404. The molecule has 1 aromatic carbocycles. The van der Waals surface area contributed by atoms with E-state index in [1.54, 1.807) is 7.11 Å². The number of benzene rings is 1. The Hall–Kier alpha value is -1.21. The maximum atomic E-state index is 5.76. The van der Waals surface area contributed by atoms with Gasteiger partial charge in [-0.2, -0.15) is 5.10 Å². The third kappa shape index (κ3) is 4.70. The lowest BCUT2D eigenvalue weighted by Gasteiger charge is -2.38. The summed E-state index contributed by atoms with van der Waals surface area (Å²) >= 11 is 3.48. The first kappa shape index (κ1) is 18.6. The molecule has 0 radical (unpaired) electrons. The van der Waals surface area contributed by atoms with Crippen LogP contribution in [0.1, 0.15) is 31.0 Å². The van der Waals surface area contributed by atoms with Crippen LogP contribution in [0, 0.1) is 0 Å². The molecule has 2 aromatic rings. The molecule has 136 valence electrons. The van der Waals surface area contributed by atoms with Crippen molar-refractivity contribution in [1.82, 2.24) is 14.7 Å². The van der Waals surface area contributed by atoms with E-state index in [1.807, 2.05) is 16.8 Å². The molecule has 1 saturated heterocycles. The van der Waals surface area contributed by atoms with E-state index in [9.17, 15) is 0 Å². The molecule has 2 heterocycles. The lowest BCUT2D eigenvalue weighted by molar-refractivity contribution is -0.0699. The first-order valence-electron chi connectivity index (χ1n) is 8.74. The van der Waals surface area contributed by atoms with E-state index in [0.717, 1.165) is 29.8 Å². The van der Waals surface area contributed by atoms with Crippen molar-refractivity contribution in [3.8, 4) is 5.69 Å². The van der Waals surface area contributed by atoms with Gasteiger partial charge in [0.05, 0.1) is 30.7 Å². The average molecular weight is 408 g/mol. The van der Waals surface area contributed by atoms with E-state index in [4.69, 9.17) is 14.6 Å². The molecular formula is C19H26BrN3O2. The summed E-state index contributed by atoms with van der Waals surface area (Å²) in [4.78, 5) is 2.41. The van der Waals surface area contributed by atoms with E-state index < -0.39 is 0 Å². The molecule has 0 spiro atoms. The van der Waals surface area contributed by atoms with Crippen molar-refractivity contribution in [1.29, 1.82) is 0 Å². The van der Waals surface area contributed by atoms with Gasteiger partial charge in [-0.1, -0.05) is 29.8 Å². The number of rotatable bonds is 8. The molecule has 0 unspecified atom stereocenters. The maximum Gasteiger partial charge on any atom is 0.0830 e. The van der Waals surface area contributed by atoms with E-state index in [0.29, 0.717) is 25.2 Å². The van der Waals surface area contributed by atoms with Crippen molar-refractivity contribution < 1.29 is 9.47 Å². The van der Waals surface area contributed by atoms with Crippen molar-refractivity contribution >= 4 is 15.9 Å². The zero-order valence-corrected chi connectivity index (χ0v) is 16.7. The lowest BCUT2D eigenvalue weighted by Crippen LogP contribution is -2.51. The van der Waals surface area contributed by atoms with Crippen LogP contribution in [-0.4, -0.2) is 54.2 Å². The predicted octanol–water partition coefficient (Wildman–Crippen LogP) is 3.61. The minimum Gasteiger partial charge on any atom is -0.382 e. The van der Waals surface area contributed by atoms with Gasteiger partial charge < -0.3 is 9.47 Å². The summed E-state index contributed by atoms with van der Waals surface area (Å²) in [6.45, 7) is 8.61. The summed E-state index contributed by atoms with van der Waals surface area (Å²) in [6, 6.07) is 8.24. The molecule has 1 aliphatic rings. The molecule has 5 nitrogen and oxygen atoms in total. The highest BCUT2D eigenvalue weighted by atomic mass is 79.9. The van der Waals surface area contributed by atoms with Gasteiger partial charge in [-0.3, -0.25) is 4.90 Å². The second-order valence-electron chi connectivity index (χ2n) is 6.79. The predicted molar refractivity (Wildman–Crippen MR) is 102 cm³/mol. The maximum absolute atomic E-state index is 5.76. The molecule has 0 N–H and O–H groups in total. The Balaban J connectivity index is 1.64. The molecule has 0 aliphatic carbocycles. The topological polar surface area (TPSA) is 39.5 Å². The van der Waals surface area contributed by atoms with E-state index in [-0.39, 0.29) is 0 Å². The van der Waals surface area contributed by atoms with E-state index in [1.165, 1.54) is 11.3 Å². The zero-order chi connectivity index (χ0) is 17.8. The Morgan fingerprint density at radius 3 is 2.56 bits per heavy atom. The number of nitrogens with zero attached hydrogens (tertiary/aromatic N) is 3. The molecule has 1 aliphatic heterocycles. The fourth-order valence-corrected chi connectivity index (χ4v) is 3.32. The number of methoxy groups -OCH3 is 1. The van der Waals surface area contributed by atoms with Crippen LogP contribution in [0.4, 0.5) is 0 Å². The van der Waals surface area contributed by atoms with Gasteiger partial charge in [0.25, 0.3) is 0 Å². The summed E-state index contributed by atoms with van der Waals surface area (Å²) in [6.07, 6.45) is 2.50. The highest BCUT2D eigenvalue weighted by Gasteiger charge is 2.28. The van der Waals surface area contributed by atoms with Crippen LogP contribution in [0.15, 0.2) is 34.9 Å². The molecule has 1 aromatic heterocycles. The quantitative estimate of drug-likeness (QED) is 0.626. The third-order valence-corrected chi connectivity index (χ3v) is 4.95. The Morgan fingerprint density at radius 2 is 1.92 bits per heavy atom. The van der Waals surface area contributed by atoms with E-state index >= 15 is 0 Å². The van der Waals surface area contributed by atoms with Crippen molar-refractivity contribution in [3.63, 3.8) is 0 Å². The number of hydrogen-bond acceptors (Lipinski definition) is 4. The van der Waals surface area contributed by atoms with Gasteiger partial charge in [0.1, 0.15) is 0 Å². The molecule has 0 saturated carbocycles. The summed E-state index contributed by atoms with van der Waals surface area (Å²) in [5.41, 5.74) is 3.56. The van der Waals surface area contributed by atoms with Crippen LogP contribution in [0.2, 0.25) is 0 Å². The second-order valence-corrected chi connectivity index (χ2v) is 7.71. The largest absolute Gasteiger partial charge is 0.382 e. The summed E-state index contributed by atoms with van der Waals surface area (Å²) < 4.78 is 13.8. The van der Waals surface area contributed by atoms with Crippen LogP contribution >= 0.6 is 15.9 Å². The molecule has 3 rings (SSSR count). The molecular weight excluding hydrogens is 382 g/mol. The Morgan fingerprint density at radius 1 is 1.20 bits per heavy atom. The second kappa shape index (κ2) is 8.45. The van der Waals surface area contributed by atoms with Crippen LogP contribution in [0.25, 0.3) is 5.69 Å². The molecule has 25 heavy (non-hydrogen) atoms. The fourth-order valence-electron chi connectivity index (χ4n) is 3.05. The van der Waals surface area contributed by atoms with Gasteiger partial charge in [-0.15, -0.1) is 0 Å². The highest BCUT2D eigenvalue weighted by molar-refractivity contribution is 9.10. The van der Waals surface area contributed by atoms with Crippen LogP contribution in [0.3, 0.4) is 0 Å². The van der Waals surface area contributed by atoms with Crippen molar-refractivity contribution in [3.05, 3.63) is 46.2 Å². The molecule has 0 amide bonds. The zero-order valence-electron chi connectivity index (χ0n) is 15.1. The molecule has 1 fully saturated rings. The summed E-state index contributed by atoms with van der Waals surface area (Å²) in [5, 5.41) is 4.83. The van der Waals surface area contributed by atoms with Crippen LogP contribution < -0.4 is 0 Å². The molecule has 6 heteroatoms. The SMILES string of the molecule is COCCOC1CN(Cc2cn(-c3ccc(Br)cc3)nc2C(C)C)C1. The summed E-state index contributed by atoms with van der Waals surface area (Å²) in [7, 11) is 1.70. The van der Waals surface area contributed by atoms with Gasteiger partial charge in [-0.05, 0) is 30.2 Å². The number of ether oxygens (including phenoxy) is 2. The first-order chi connectivity index (χ1) is 12.1. The fraction of sp³-hybridized carbons (Fsp3) is 0.526. The standard InChI is InChI=1S/C19H26BrN3O2/c1-14(2)19-15(10-22-12-18(13-22)25-9-8-24-3)11-23(21-19)17-6-4-16(20)5-7-17/h4-7,11,14,18H,8-10,12-13H2,1-3H3. The third-order valence-electron chi connectivity index (χ3n) is 4.42. The minimum atomic E-state index is 0.333. The lowest BCUT2D eigenvalue weighted by atomic mass is 10.0. The highest BCUT2D eigenvalue weighted by Crippen LogP contribution is 2.24. The van der Waals surface area contributed by atoms with Gasteiger partial charge >= 0.3 is 0 Å². The Bertz CT molecular complexity index is 678. The van der Waals surface area contributed by atoms with Gasteiger partial charge in [0.2, 0.25) is 0 Å². The van der Waals surface area contributed by atoms with E-state index in [2.05, 4.69) is 53.0 Å². The average Bonchev–Trinajstić information content (AvgIpc) is 2.97. The van der Waals surface area contributed by atoms with Crippen LogP contribution in [0.5, 0.6) is 0 Å². The number of halogens is 1. The number of hydrogen-bond donors (Lipinski definition) is 0. The Kier molecular flexibility index (Phi) is 6.28. The van der Waals surface area contributed by atoms with Crippen LogP contribution in [-0.2, 0) is 16.0 Å². The normalized spacial score (nSPS) is 15.7. The van der Waals surface area contributed by atoms with Gasteiger partial charge in [0, 0.05) is 43.0 Å². The molecule has 0 bridgehead atoms. The van der Waals surface area contributed by atoms with Crippen molar-refractivity contribution in [2.45, 2.75) is 32.4 Å². The number of likely N-dealkylation sites (tertiary alicyclic amines) is 1. The van der Waals surface area contributed by atoms with Crippen molar-refractivity contribution in [2.24, 2.45) is 0 Å². The van der Waals surface area contributed by atoms with Crippen molar-refractivity contribution in [2.75, 3.05) is 33.4 Å². The van der Waals surface area contributed by atoms with Gasteiger partial charge in [0.15, 0.2) is 0 Å². The Labute approximate surface area is 158 Å². The number of aromatic nitrogens is 2. The van der Waals surface area contributed by atoms with Gasteiger partial charge in [-0.25, -0.2) is 4.68 Å². The smallest absolute Gasteiger partial charge is 0.0830 e. The molecule has 0 atom stereocenters. The first-order valence-corrected chi connectivity index (χ1v) is 9.53. The minimum absolute atomic E-state index is 0.333.